The fraction of sp³-hybridized carbons (Fsp3) is 0.500. The number of carbonyl (C=O) groups is 2. The summed E-state index contributed by atoms with van der Waals surface area (Å²) >= 11 is 1.43. The highest BCUT2D eigenvalue weighted by atomic mass is 32.1. The summed E-state index contributed by atoms with van der Waals surface area (Å²) in [7, 11) is 1.39. The number of hydrogen-bond acceptors (Lipinski definition) is 4. The van der Waals surface area contributed by atoms with E-state index in [9.17, 15) is 9.59 Å². The molecule has 4 nitrogen and oxygen atoms in total. The number of methoxy groups -OCH3 is 1. The Morgan fingerprint density at radius 3 is 2.82 bits per heavy atom. The van der Waals surface area contributed by atoms with E-state index < -0.39 is 0 Å². The van der Waals surface area contributed by atoms with Crippen LogP contribution >= 0.6 is 11.3 Å². The third-order valence-corrected chi connectivity index (χ3v) is 3.18. The van der Waals surface area contributed by atoms with Crippen LogP contribution in [0.2, 0.25) is 0 Å². The SMILES string of the molecule is COC(=O)CCCCCNC(=O)c1cccs1. The zero-order chi connectivity index (χ0) is 12.5. The van der Waals surface area contributed by atoms with Crippen LogP contribution in [0.1, 0.15) is 35.4 Å². The number of rotatable bonds is 7. The number of hydrogen-bond donors (Lipinski definition) is 1. The quantitative estimate of drug-likeness (QED) is 0.600. The molecule has 0 aliphatic carbocycles. The summed E-state index contributed by atoms with van der Waals surface area (Å²) < 4.78 is 4.54. The van der Waals surface area contributed by atoms with Crippen molar-refractivity contribution in [2.24, 2.45) is 0 Å². The summed E-state index contributed by atoms with van der Waals surface area (Å²) in [6, 6.07) is 3.66. The molecule has 0 aliphatic rings. The molecule has 94 valence electrons. The standard InChI is InChI=1S/C12H17NO3S/c1-16-11(14)7-3-2-4-8-13-12(15)10-6-5-9-17-10/h5-6,9H,2-4,7-8H2,1H3,(H,13,15). The maximum absolute atomic E-state index is 11.5. The number of amides is 1. The summed E-state index contributed by atoms with van der Waals surface area (Å²) in [6.07, 6.45) is 3.06. The molecule has 0 bridgehead atoms. The van der Waals surface area contributed by atoms with Gasteiger partial charge in [0.15, 0.2) is 0 Å². The van der Waals surface area contributed by atoms with Crippen molar-refractivity contribution in [2.75, 3.05) is 13.7 Å². The molecule has 0 aromatic carbocycles. The van der Waals surface area contributed by atoms with Crippen LogP contribution < -0.4 is 5.32 Å². The first-order valence-electron chi connectivity index (χ1n) is 5.62. The van der Waals surface area contributed by atoms with Crippen molar-refractivity contribution in [3.05, 3.63) is 22.4 Å². The lowest BCUT2D eigenvalue weighted by Gasteiger charge is -2.03. The summed E-state index contributed by atoms with van der Waals surface area (Å²) in [6.45, 7) is 0.651. The molecule has 0 radical (unpaired) electrons. The Balaban J connectivity index is 2.01. The number of thiophene rings is 1. The number of unbranched alkanes of at least 4 members (excludes halogenated alkanes) is 2. The molecule has 1 amide bonds. The van der Waals surface area contributed by atoms with Crippen molar-refractivity contribution in [1.82, 2.24) is 5.32 Å². The van der Waals surface area contributed by atoms with Crippen LogP contribution in [0.5, 0.6) is 0 Å². The van der Waals surface area contributed by atoms with E-state index in [-0.39, 0.29) is 11.9 Å². The van der Waals surface area contributed by atoms with E-state index in [1.807, 2.05) is 11.4 Å². The molecule has 0 spiro atoms. The van der Waals surface area contributed by atoms with Gasteiger partial charge in [-0.2, -0.15) is 0 Å². The Labute approximate surface area is 105 Å². The third kappa shape index (κ3) is 5.49. The minimum Gasteiger partial charge on any atom is -0.469 e. The highest BCUT2D eigenvalue weighted by molar-refractivity contribution is 7.12. The van der Waals surface area contributed by atoms with Crippen LogP contribution in [0.4, 0.5) is 0 Å². The van der Waals surface area contributed by atoms with Crippen molar-refractivity contribution < 1.29 is 14.3 Å². The lowest BCUT2D eigenvalue weighted by Crippen LogP contribution is -2.23. The molecule has 0 saturated heterocycles. The molecule has 0 aliphatic heterocycles. The Bertz CT molecular complexity index is 349. The van der Waals surface area contributed by atoms with E-state index in [4.69, 9.17) is 0 Å². The number of carbonyl (C=O) groups excluding carboxylic acids is 2. The Kier molecular flexibility index (Phi) is 6.32. The molecule has 0 fully saturated rings. The Morgan fingerprint density at radius 2 is 2.18 bits per heavy atom. The van der Waals surface area contributed by atoms with E-state index >= 15 is 0 Å². The molecule has 1 aromatic rings. The van der Waals surface area contributed by atoms with Crippen molar-refractivity contribution in [1.29, 1.82) is 0 Å². The Morgan fingerprint density at radius 1 is 1.35 bits per heavy atom. The summed E-state index contributed by atoms with van der Waals surface area (Å²) in [5.41, 5.74) is 0. The van der Waals surface area contributed by atoms with Crippen LogP contribution in [0.25, 0.3) is 0 Å². The number of nitrogens with one attached hydrogen (secondary N) is 1. The smallest absolute Gasteiger partial charge is 0.305 e. The van der Waals surface area contributed by atoms with Crippen molar-refractivity contribution in [3.63, 3.8) is 0 Å². The van der Waals surface area contributed by atoms with Gasteiger partial charge < -0.3 is 10.1 Å². The summed E-state index contributed by atoms with van der Waals surface area (Å²) in [5, 5.41) is 4.72. The van der Waals surface area contributed by atoms with Gasteiger partial charge in [0.2, 0.25) is 0 Å². The van der Waals surface area contributed by atoms with Gasteiger partial charge in [-0.25, -0.2) is 0 Å². The molecule has 0 unspecified atom stereocenters. The molecule has 1 heterocycles. The highest BCUT2D eigenvalue weighted by Gasteiger charge is 2.04. The van der Waals surface area contributed by atoms with Crippen LogP contribution in [-0.4, -0.2) is 25.5 Å². The average Bonchev–Trinajstić information content (AvgIpc) is 2.86. The van der Waals surface area contributed by atoms with E-state index in [0.29, 0.717) is 13.0 Å². The second kappa shape index (κ2) is 7.84. The lowest BCUT2D eigenvalue weighted by molar-refractivity contribution is -0.140. The second-order valence-electron chi connectivity index (χ2n) is 3.62. The molecule has 17 heavy (non-hydrogen) atoms. The van der Waals surface area contributed by atoms with Crippen molar-refractivity contribution in [3.8, 4) is 0 Å². The predicted molar refractivity (Wildman–Crippen MR) is 67.1 cm³/mol. The highest BCUT2D eigenvalue weighted by Crippen LogP contribution is 2.07. The van der Waals surface area contributed by atoms with Gasteiger partial charge >= 0.3 is 5.97 Å². The minimum atomic E-state index is -0.173. The van der Waals surface area contributed by atoms with E-state index in [0.717, 1.165) is 24.1 Å². The first kappa shape index (κ1) is 13.7. The molecular weight excluding hydrogens is 238 g/mol. The average molecular weight is 255 g/mol. The molecule has 1 N–H and O–H groups in total. The topological polar surface area (TPSA) is 55.4 Å². The predicted octanol–water partition coefficient (Wildman–Crippen LogP) is 2.21. The first-order chi connectivity index (χ1) is 8.24. The van der Waals surface area contributed by atoms with Crippen molar-refractivity contribution in [2.45, 2.75) is 25.7 Å². The van der Waals surface area contributed by atoms with Gasteiger partial charge in [0.1, 0.15) is 0 Å². The van der Waals surface area contributed by atoms with E-state index in [1.165, 1.54) is 18.4 Å². The number of ether oxygens (including phenoxy) is 1. The fourth-order valence-electron chi connectivity index (χ4n) is 1.37. The fourth-order valence-corrected chi connectivity index (χ4v) is 2.01. The van der Waals surface area contributed by atoms with Gasteiger partial charge in [-0.05, 0) is 24.3 Å². The van der Waals surface area contributed by atoms with Crippen molar-refractivity contribution >= 4 is 23.2 Å². The largest absolute Gasteiger partial charge is 0.469 e. The lowest BCUT2D eigenvalue weighted by atomic mass is 10.2. The normalized spacial score (nSPS) is 9.94. The molecular formula is C12H17NO3S. The van der Waals surface area contributed by atoms with Crippen LogP contribution in [0.3, 0.4) is 0 Å². The molecule has 5 heteroatoms. The number of esters is 1. The van der Waals surface area contributed by atoms with Gasteiger partial charge in [0, 0.05) is 13.0 Å². The van der Waals surface area contributed by atoms with Crippen LogP contribution in [0.15, 0.2) is 17.5 Å². The Hall–Kier alpha value is -1.36. The zero-order valence-corrected chi connectivity index (χ0v) is 10.7. The molecule has 0 atom stereocenters. The molecule has 1 rings (SSSR count). The van der Waals surface area contributed by atoms with Crippen LogP contribution in [0, 0.1) is 0 Å². The van der Waals surface area contributed by atoms with Gasteiger partial charge in [-0.1, -0.05) is 12.5 Å². The van der Waals surface area contributed by atoms with Gasteiger partial charge in [-0.3, -0.25) is 9.59 Å². The van der Waals surface area contributed by atoms with Crippen LogP contribution in [-0.2, 0) is 9.53 Å². The zero-order valence-electron chi connectivity index (χ0n) is 9.90. The minimum absolute atomic E-state index is 0.0204. The first-order valence-corrected chi connectivity index (χ1v) is 6.50. The maximum Gasteiger partial charge on any atom is 0.305 e. The van der Waals surface area contributed by atoms with Gasteiger partial charge in [0.25, 0.3) is 5.91 Å². The summed E-state index contributed by atoms with van der Waals surface area (Å²) in [4.78, 5) is 23.1. The maximum atomic E-state index is 11.5. The second-order valence-corrected chi connectivity index (χ2v) is 4.57. The molecule has 1 aromatic heterocycles. The monoisotopic (exact) mass is 255 g/mol. The van der Waals surface area contributed by atoms with Gasteiger partial charge in [-0.15, -0.1) is 11.3 Å². The van der Waals surface area contributed by atoms with E-state index in [2.05, 4.69) is 10.1 Å². The molecule has 0 saturated carbocycles. The van der Waals surface area contributed by atoms with Gasteiger partial charge in [0.05, 0.1) is 12.0 Å². The summed E-state index contributed by atoms with van der Waals surface area (Å²) in [5.74, 6) is -0.194. The third-order valence-electron chi connectivity index (χ3n) is 2.32. The van der Waals surface area contributed by atoms with E-state index in [1.54, 1.807) is 6.07 Å².